The summed E-state index contributed by atoms with van der Waals surface area (Å²) in [6, 6.07) is 8.65. The van der Waals surface area contributed by atoms with Crippen LogP contribution in [0.25, 0.3) is 0 Å². The third-order valence-corrected chi connectivity index (χ3v) is 3.48. The first-order valence-corrected chi connectivity index (χ1v) is 7.01. The van der Waals surface area contributed by atoms with Gasteiger partial charge in [-0.3, -0.25) is 9.69 Å². The van der Waals surface area contributed by atoms with E-state index in [1.807, 2.05) is 4.90 Å². The summed E-state index contributed by atoms with van der Waals surface area (Å²) in [5.41, 5.74) is 2.50. The highest BCUT2D eigenvalue weighted by atomic mass is 16.4. The van der Waals surface area contributed by atoms with Gasteiger partial charge in [-0.15, -0.1) is 0 Å². The van der Waals surface area contributed by atoms with E-state index in [9.17, 15) is 4.79 Å². The van der Waals surface area contributed by atoms with Crippen LogP contribution < -0.4 is 0 Å². The molecule has 106 valence electrons. The lowest BCUT2D eigenvalue weighted by Gasteiger charge is -2.27. The Morgan fingerprint density at radius 2 is 1.68 bits per heavy atom. The van der Waals surface area contributed by atoms with E-state index in [1.165, 1.54) is 11.1 Å². The van der Waals surface area contributed by atoms with Gasteiger partial charge in [0.05, 0.1) is 6.54 Å². The quantitative estimate of drug-likeness (QED) is 0.816. The summed E-state index contributed by atoms with van der Waals surface area (Å²) >= 11 is 0. The fourth-order valence-corrected chi connectivity index (χ4v) is 2.24. The third kappa shape index (κ3) is 4.67. The smallest absolute Gasteiger partial charge is 0.317 e. The lowest BCUT2D eigenvalue weighted by atomic mass is 9.99. The molecule has 19 heavy (non-hydrogen) atoms. The monoisotopic (exact) mass is 263 g/mol. The Labute approximate surface area is 116 Å². The summed E-state index contributed by atoms with van der Waals surface area (Å²) in [6.45, 7) is 9.39. The van der Waals surface area contributed by atoms with E-state index in [1.54, 1.807) is 0 Å². The van der Waals surface area contributed by atoms with Crippen molar-refractivity contribution in [2.24, 2.45) is 0 Å². The van der Waals surface area contributed by atoms with E-state index in [2.05, 4.69) is 52.0 Å². The minimum atomic E-state index is -0.765. The summed E-state index contributed by atoms with van der Waals surface area (Å²) in [5.74, 6) is -0.241. The highest BCUT2D eigenvalue weighted by molar-refractivity contribution is 5.69. The zero-order chi connectivity index (χ0) is 14.4. The number of hydrogen-bond acceptors (Lipinski definition) is 2. The molecule has 1 aromatic carbocycles. The van der Waals surface area contributed by atoms with Gasteiger partial charge in [-0.2, -0.15) is 0 Å². The topological polar surface area (TPSA) is 40.5 Å². The number of carboxylic acid groups (broad SMARTS) is 1. The molecule has 1 atom stereocenters. The molecule has 1 N–H and O–H groups in total. The SMILES string of the molecule is CCCN(CC(=O)O)C(C)c1ccc(C(C)C)cc1. The summed E-state index contributed by atoms with van der Waals surface area (Å²) < 4.78 is 0. The predicted molar refractivity (Wildman–Crippen MR) is 78.4 cm³/mol. The van der Waals surface area contributed by atoms with Crippen molar-refractivity contribution in [3.05, 3.63) is 35.4 Å². The Kier molecular flexibility index (Phi) is 6.03. The minimum Gasteiger partial charge on any atom is -0.480 e. The van der Waals surface area contributed by atoms with E-state index in [4.69, 9.17) is 5.11 Å². The second-order valence-electron chi connectivity index (χ2n) is 5.36. The molecule has 0 aliphatic heterocycles. The molecule has 0 saturated carbocycles. The number of benzene rings is 1. The van der Waals surface area contributed by atoms with Gasteiger partial charge >= 0.3 is 5.97 Å². The molecular formula is C16H25NO2. The van der Waals surface area contributed by atoms with Crippen molar-refractivity contribution in [3.8, 4) is 0 Å². The van der Waals surface area contributed by atoms with Crippen LogP contribution in [-0.4, -0.2) is 29.1 Å². The van der Waals surface area contributed by atoms with Crippen molar-refractivity contribution in [3.63, 3.8) is 0 Å². The molecular weight excluding hydrogens is 238 g/mol. The van der Waals surface area contributed by atoms with Gasteiger partial charge in [-0.25, -0.2) is 0 Å². The van der Waals surface area contributed by atoms with Crippen molar-refractivity contribution >= 4 is 5.97 Å². The van der Waals surface area contributed by atoms with Crippen molar-refractivity contribution in [1.82, 2.24) is 4.90 Å². The molecule has 0 aromatic heterocycles. The van der Waals surface area contributed by atoms with Gasteiger partial charge in [0.2, 0.25) is 0 Å². The summed E-state index contributed by atoms with van der Waals surface area (Å²) in [6.07, 6.45) is 0.960. The third-order valence-electron chi connectivity index (χ3n) is 3.48. The average molecular weight is 263 g/mol. The van der Waals surface area contributed by atoms with Crippen molar-refractivity contribution < 1.29 is 9.90 Å². The Balaban J connectivity index is 2.83. The van der Waals surface area contributed by atoms with Crippen LogP contribution in [0.5, 0.6) is 0 Å². The number of nitrogens with zero attached hydrogens (tertiary/aromatic N) is 1. The summed E-state index contributed by atoms with van der Waals surface area (Å²) in [5, 5.41) is 8.98. The molecule has 0 saturated heterocycles. The Hall–Kier alpha value is -1.35. The molecule has 0 fully saturated rings. The van der Waals surface area contributed by atoms with Crippen LogP contribution in [0.2, 0.25) is 0 Å². The molecule has 0 heterocycles. The van der Waals surface area contributed by atoms with Crippen LogP contribution in [0.15, 0.2) is 24.3 Å². The molecule has 1 aromatic rings. The largest absolute Gasteiger partial charge is 0.480 e. The van der Waals surface area contributed by atoms with Gasteiger partial charge < -0.3 is 5.11 Å². The zero-order valence-electron chi connectivity index (χ0n) is 12.4. The van der Waals surface area contributed by atoms with Gasteiger partial charge in [-0.05, 0) is 36.9 Å². The molecule has 1 unspecified atom stereocenters. The Morgan fingerprint density at radius 1 is 1.16 bits per heavy atom. The van der Waals surface area contributed by atoms with Crippen molar-refractivity contribution in [2.45, 2.75) is 46.1 Å². The number of carbonyl (C=O) groups is 1. The van der Waals surface area contributed by atoms with Gasteiger partial charge in [0.1, 0.15) is 0 Å². The average Bonchev–Trinajstić information content (AvgIpc) is 2.37. The molecule has 3 nitrogen and oxygen atoms in total. The van der Waals surface area contributed by atoms with E-state index in [0.29, 0.717) is 5.92 Å². The maximum Gasteiger partial charge on any atom is 0.317 e. The van der Waals surface area contributed by atoms with Crippen LogP contribution in [0.3, 0.4) is 0 Å². The number of hydrogen-bond donors (Lipinski definition) is 1. The lowest BCUT2D eigenvalue weighted by Crippen LogP contribution is -2.33. The Morgan fingerprint density at radius 3 is 2.11 bits per heavy atom. The maximum atomic E-state index is 10.9. The van der Waals surface area contributed by atoms with Gasteiger partial charge in [-0.1, -0.05) is 45.0 Å². The molecule has 0 spiro atoms. The van der Waals surface area contributed by atoms with Crippen molar-refractivity contribution in [2.75, 3.05) is 13.1 Å². The van der Waals surface area contributed by atoms with E-state index < -0.39 is 5.97 Å². The Bertz CT molecular complexity index is 398. The highest BCUT2D eigenvalue weighted by Gasteiger charge is 2.17. The van der Waals surface area contributed by atoms with Crippen LogP contribution in [0.4, 0.5) is 0 Å². The zero-order valence-corrected chi connectivity index (χ0v) is 12.4. The predicted octanol–water partition coefficient (Wildman–Crippen LogP) is 3.67. The molecule has 0 aliphatic carbocycles. The second kappa shape index (κ2) is 7.29. The summed E-state index contributed by atoms with van der Waals surface area (Å²) in [4.78, 5) is 12.9. The number of rotatable bonds is 7. The second-order valence-corrected chi connectivity index (χ2v) is 5.36. The van der Waals surface area contributed by atoms with E-state index in [-0.39, 0.29) is 12.6 Å². The van der Waals surface area contributed by atoms with Crippen molar-refractivity contribution in [1.29, 1.82) is 0 Å². The van der Waals surface area contributed by atoms with Crippen LogP contribution in [0.1, 0.15) is 57.2 Å². The molecule has 1 rings (SSSR count). The highest BCUT2D eigenvalue weighted by Crippen LogP contribution is 2.23. The number of aliphatic carboxylic acids is 1. The van der Waals surface area contributed by atoms with Gasteiger partial charge in [0, 0.05) is 6.04 Å². The first kappa shape index (κ1) is 15.7. The van der Waals surface area contributed by atoms with Crippen LogP contribution >= 0.6 is 0 Å². The first-order valence-electron chi connectivity index (χ1n) is 7.01. The fraction of sp³-hybridized carbons (Fsp3) is 0.562. The van der Waals surface area contributed by atoms with E-state index >= 15 is 0 Å². The molecule has 0 radical (unpaired) electrons. The first-order chi connectivity index (χ1) is 8.95. The van der Waals surface area contributed by atoms with E-state index in [0.717, 1.165) is 13.0 Å². The molecule has 3 heteroatoms. The van der Waals surface area contributed by atoms with Crippen LogP contribution in [0, 0.1) is 0 Å². The lowest BCUT2D eigenvalue weighted by molar-refractivity contribution is -0.138. The standard InChI is InChI=1S/C16H25NO2/c1-5-10-17(11-16(18)19)13(4)15-8-6-14(7-9-15)12(2)3/h6-9,12-13H,5,10-11H2,1-4H3,(H,18,19). The van der Waals surface area contributed by atoms with Crippen LogP contribution in [-0.2, 0) is 4.79 Å². The molecule has 0 amide bonds. The summed E-state index contributed by atoms with van der Waals surface area (Å²) in [7, 11) is 0. The minimum absolute atomic E-state index is 0.0982. The fourth-order valence-electron chi connectivity index (χ4n) is 2.24. The van der Waals surface area contributed by atoms with Gasteiger partial charge in [0.25, 0.3) is 0 Å². The number of carboxylic acids is 1. The molecule has 0 aliphatic rings. The maximum absolute atomic E-state index is 10.9. The normalized spacial score (nSPS) is 12.9. The van der Waals surface area contributed by atoms with Gasteiger partial charge in [0.15, 0.2) is 0 Å². The molecule has 0 bridgehead atoms.